The molecule has 2 fully saturated rings. The SMILES string of the molecule is O=C1NC(=O)C2(CCC2)C(=O)N1c1cncnc1. The molecule has 4 amide bonds. The first-order valence-corrected chi connectivity index (χ1v) is 5.60. The van der Waals surface area contributed by atoms with Crippen LogP contribution in [0, 0.1) is 5.41 Å². The number of hydrogen-bond acceptors (Lipinski definition) is 5. The summed E-state index contributed by atoms with van der Waals surface area (Å²) in [5, 5.41) is 2.22. The summed E-state index contributed by atoms with van der Waals surface area (Å²) in [5.74, 6) is -0.964. The molecule has 0 radical (unpaired) electrons. The van der Waals surface area contributed by atoms with E-state index in [0.717, 1.165) is 11.3 Å². The number of anilines is 1. The third-order valence-electron chi connectivity index (χ3n) is 3.48. The molecule has 92 valence electrons. The van der Waals surface area contributed by atoms with Crippen LogP contribution >= 0.6 is 0 Å². The minimum absolute atomic E-state index is 0.277. The molecule has 0 bridgehead atoms. The van der Waals surface area contributed by atoms with Crippen LogP contribution in [0.4, 0.5) is 10.5 Å². The lowest BCUT2D eigenvalue weighted by molar-refractivity contribution is -0.148. The molecule has 0 aromatic carbocycles. The predicted molar refractivity (Wildman–Crippen MR) is 59.3 cm³/mol. The molecule has 18 heavy (non-hydrogen) atoms. The molecule has 0 unspecified atom stereocenters. The van der Waals surface area contributed by atoms with Gasteiger partial charge in [-0.1, -0.05) is 6.42 Å². The number of hydrogen-bond donors (Lipinski definition) is 1. The second-order valence-electron chi connectivity index (χ2n) is 4.43. The molecule has 1 aliphatic heterocycles. The van der Waals surface area contributed by atoms with Crippen molar-refractivity contribution in [2.24, 2.45) is 5.41 Å². The Morgan fingerprint density at radius 3 is 2.39 bits per heavy atom. The minimum atomic E-state index is -1.07. The van der Waals surface area contributed by atoms with Crippen molar-refractivity contribution in [3.63, 3.8) is 0 Å². The second-order valence-corrected chi connectivity index (χ2v) is 4.43. The maximum absolute atomic E-state index is 12.3. The first kappa shape index (κ1) is 10.8. The third kappa shape index (κ3) is 1.27. The van der Waals surface area contributed by atoms with Crippen LogP contribution in [-0.2, 0) is 9.59 Å². The van der Waals surface area contributed by atoms with Gasteiger partial charge in [-0.05, 0) is 12.8 Å². The van der Waals surface area contributed by atoms with Gasteiger partial charge in [-0.3, -0.25) is 14.9 Å². The Kier molecular flexibility index (Phi) is 2.16. The molecule has 1 N–H and O–H groups in total. The minimum Gasteiger partial charge on any atom is -0.276 e. The Labute approximate surface area is 102 Å². The van der Waals surface area contributed by atoms with Crippen molar-refractivity contribution in [1.82, 2.24) is 15.3 Å². The van der Waals surface area contributed by atoms with Crippen molar-refractivity contribution in [2.75, 3.05) is 4.90 Å². The molecule has 0 atom stereocenters. The Hall–Kier alpha value is -2.31. The number of barbiturate groups is 1. The van der Waals surface area contributed by atoms with Crippen LogP contribution in [0.1, 0.15) is 19.3 Å². The van der Waals surface area contributed by atoms with Crippen LogP contribution in [0.15, 0.2) is 18.7 Å². The molecule has 1 spiro atoms. The zero-order chi connectivity index (χ0) is 12.8. The standard InChI is InChI=1S/C11H10N4O3/c16-8-11(2-1-3-11)9(17)15(10(18)14-8)7-4-12-6-13-5-7/h4-6H,1-3H2,(H,14,16,18). The number of nitrogens with zero attached hydrogens (tertiary/aromatic N) is 3. The lowest BCUT2D eigenvalue weighted by atomic mass is 9.66. The Bertz CT molecular complexity index is 538. The van der Waals surface area contributed by atoms with Gasteiger partial charge in [-0.25, -0.2) is 19.7 Å². The molecule has 1 aliphatic carbocycles. The van der Waals surface area contributed by atoms with Crippen LogP contribution in [0.25, 0.3) is 0 Å². The van der Waals surface area contributed by atoms with E-state index >= 15 is 0 Å². The predicted octanol–water partition coefficient (Wildman–Crippen LogP) is 0.230. The van der Waals surface area contributed by atoms with Crippen molar-refractivity contribution in [3.8, 4) is 0 Å². The van der Waals surface area contributed by atoms with E-state index < -0.39 is 23.3 Å². The average molecular weight is 246 g/mol. The highest BCUT2D eigenvalue weighted by atomic mass is 16.2. The highest BCUT2D eigenvalue weighted by Crippen LogP contribution is 2.45. The van der Waals surface area contributed by atoms with E-state index in [1.165, 1.54) is 18.7 Å². The number of aromatic nitrogens is 2. The van der Waals surface area contributed by atoms with Crippen molar-refractivity contribution in [3.05, 3.63) is 18.7 Å². The van der Waals surface area contributed by atoms with Crippen LogP contribution in [0.3, 0.4) is 0 Å². The van der Waals surface area contributed by atoms with E-state index in [4.69, 9.17) is 0 Å². The normalized spacial score (nSPS) is 21.8. The molecule has 7 nitrogen and oxygen atoms in total. The van der Waals surface area contributed by atoms with Crippen molar-refractivity contribution >= 4 is 23.5 Å². The number of nitrogens with one attached hydrogen (secondary N) is 1. The zero-order valence-corrected chi connectivity index (χ0v) is 9.42. The summed E-state index contributed by atoms with van der Waals surface area (Å²) in [4.78, 5) is 44.4. The van der Waals surface area contributed by atoms with Crippen LogP contribution in [-0.4, -0.2) is 27.8 Å². The molecule has 7 heteroatoms. The van der Waals surface area contributed by atoms with Gasteiger partial charge in [0.05, 0.1) is 18.1 Å². The summed E-state index contributed by atoms with van der Waals surface area (Å²) in [6.07, 6.45) is 5.82. The lowest BCUT2D eigenvalue weighted by Gasteiger charge is -2.44. The molecule has 1 aromatic heterocycles. The molecule has 2 heterocycles. The van der Waals surface area contributed by atoms with Gasteiger partial charge >= 0.3 is 6.03 Å². The van der Waals surface area contributed by atoms with Gasteiger partial charge in [0.1, 0.15) is 11.7 Å². The average Bonchev–Trinajstić information content (AvgIpc) is 2.28. The van der Waals surface area contributed by atoms with Crippen molar-refractivity contribution in [2.45, 2.75) is 19.3 Å². The van der Waals surface area contributed by atoms with Gasteiger partial charge < -0.3 is 0 Å². The largest absolute Gasteiger partial charge is 0.335 e. The fourth-order valence-corrected chi connectivity index (χ4v) is 2.29. The summed E-state index contributed by atoms with van der Waals surface area (Å²) in [6.45, 7) is 0. The van der Waals surface area contributed by atoms with E-state index in [-0.39, 0.29) is 5.69 Å². The number of carbonyl (C=O) groups excluding carboxylic acids is 3. The van der Waals surface area contributed by atoms with E-state index in [1.54, 1.807) is 0 Å². The Morgan fingerprint density at radius 1 is 1.17 bits per heavy atom. The van der Waals surface area contributed by atoms with Crippen LogP contribution in [0.2, 0.25) is 0 Å². The Morgan fingerprint density at radius 2 is 1.83 bits per heavy atom. The molecule has 1 saturated heterocycles. The Balaban J connectivity index is 2.02. The number of amides is 4. The summed E-state index contributed by atoms with van der Waals surface area (Å²) in [7, 11) is 0. The summed E-state index contributed by atoms with van der Waals surface area (Å²) < 4.78 is 0. The van der Waals surface area contributed by atoms with Gasteiger partial charge in [0.25, 0.3) is 5.91 Å². The van der Waals surface area contributed by atoms with Crippen molar-refractivity contribution in [1.29, 1.82) is 0 Å². The lowest BCUT2D eigenvalue weighted by Crippen LogP contribution is -2.66. The first-order chi connectivity index (χ1) is 8.65. The van der Waals surface area contributed by atoms with E-state index in [0.29, 0.717) is 12.8 Å². The number of urea groups is 1. The molecule has 1 saturated carbocycles. The summed E-state index contributed by atoms with van der Waals surface area (Å²) in [5.41, 5.74) is -0.789. The highest BCUT2D eigenvalue weighted by molar-refractivity contribution is 6.30. The van der Waals surface area contributed by atoms with Gasteiger partial charge in [0.15, 0.2) is 0 Å². The monoisotopic (exact) mass is 246 g/mol. The zero-order valence-electron chi connectivity index (χ0n) is 9.42. The maximum atomic E-state index is 12.3. The molecular formula is C11H10N4O3. The number of carbonyl (C=O) groups is 3. The topological polar surface area (TPSA) is 92.3 Å². The molecular weight excluding hydrogens is 236 g/mol. The van der Waals surface area contributed by atoms with E-state index in [9.17, 15) is 14.4 Å². The van der Waals surface area contributed by atoms with Crippen LogP contribution < -0.4 is 10.2 Å². The first-order valence-electron chi connectivity index (χ1n) is 5.60. The van der Waals surface area contributed by atoms with E-state index in [2.05, 4.69) is 15.3 Å². The van der Waals surface area contributed by atoms with Gasteiger partial charge in [-0.15, -0.1) is 0 Å². The van der Waals surface area contributed by atoms with Crippen molar-refractivity contribution < 1.29 is 14.4 Å². The molecule has 1 aromatic rings. The summed E-state index contributed by atoms with van der Waals surface area (Å²) >= 11 is 0. The molecule has 3 rings (SSSR count). The fourth-order valence-electron chi connectivity index (χ4n) is 2.29. The molecule has 2 aliphatic rings. The maximum Gasteiger partial charge on any atom is 0.335 e. The fraction of sp³-hybridized carbons (Fsp3) is 0.364. The van der Waals surface area contributed by atoms with Gasteiger partial charge in [0, 0.05) is 0 Å². The summed E-state index contributed by atoms with van der Waals surface area (Å²) in [6, 6.07) is -0.739. The third-order valence-corrected chi connectivity index (χ3v) is 3.48. The van der Waals surface area contributed by atoms with Crippen LogP contribution in [0.5, 0.6) is 0 Å². The highest BCUT2D eigenvalue weighted by Gasteiger charge is 2.57. The van der Waals surface area contributed by atoms with E-state index in [1.807, 2.05) is 0 Å². The second kappa shape index (κ2) is 3.59. The smallest absolute Gasteiger partial charge is 0.276 e. The van der Waals surface area contributed by atoms with Gasteiger partial charge in [0.2, 0.25) is 5.91 Å². The number of imide groups is 2. The number of rotatable bonds is 1. The quantitative estimate of drug-likeness (QED) is 0.716. The van der Waals surface area contributed by atoms with Gasteiger partial charge in [-0.2, -0.15) is 0 Å².